The average molecular weight is 353 g/mol. The van der Waals surface area contributed by atoms with Crippen LogP contribution in [0.2, 0.25) is 0 Å². The lowest BCUT2D eigenvalue weighted by Crippen LogP contribution is -2.36. The third-order valence-corrected chi connectivity index (χ3v) is 4.57. The zero-order valence-electron chi connectivity index (χ0n) is 15.1. The fraction of sp³-hybridized carbons (Fsp3) is 0.368. The summed E-state index contributed by atoms with van der Waals surface area (Å²) in [6, 6.07) is 7.41. The summed E-state index contributed by atoms with van der Waals surface area (Å²) in [6.45, 7) is 4.09. The first-order chi connectivity index (χ1) is 12.6. The second-order valence-corrected chi connectivity index (χ2v) is 6.23. The van der Waals surface area contributed by atoms with Crippen molar-refractivity contribution in [2.75, 3.05) is 38.5 Å². The molecule has 1 fully saturated rings. The number of hydrogen-bond acceptors (Lipinski definition) is 5. The van der Waals surface area contributed by atoms with Crippen molar-refractivity contribution in [3.8, 4) is 11.3 Å². The van der Waals surface area contributed by atoms with E-state index >= 15 is 0 Å². The lowest BCUT2D eigenvalue weighted by atomic mass is 10.1. The summed E-state index contributed by atoms with van der Waals surface area (Å²) in [5, 5.41) is 3.02. The first-order valence-electron chi connectivity index (χ1n) is 8.74. The molecule has 136 valence electrons. The second-order valence-electron chi connectivity index (χ2n) is 6.23. The molecule has 0 spiro atoms. The van der Waals surface area contributed by atoms with Crippen LogP contribution in [0.4, 0.5) is 5.82 Å². The number of nitrogens with zero attached hydrogens (tertiary/aromatic N) is 4. The van der Waals surface area contributed by atoms with Crippen molar-refractivity contribution in [3.05, 3.63) is 42.2 Å². The summed E-state index contributed by atoms with van der Waals surface area (Å²) < 4.78 is 0. The van der Waals surface area contributed by atoms with E-state index in [2.05, 4.69) is 15.3 Å². The highest BCUT2D eigenvalue weighted by Crippen LogP contribution is 2.23. The predicted octanol–water partition coefficient (Wildman–Crippen LogP) is 1.88. The van der Waals surface area contributed by atoms with Crippen molar-refractivity contribution in [1.29, 1.82) is 0 Å². The molecule has 1 aliphatic rings. The van der Waals surface area contributed by atoms with Crippen molar-refractivity contribution in [2.24, 2.45) is 0 Å². The maximum atomic E-state index is 12.8. The van der Waals surface area contributed by atoms with E-state index in [4.69, 9.17) is 0 Å². The molecular formula is C19H23N5O2. The van der Waals surface area contributed by atoms with E-state index in [1.54, 1.807) is 31.3 Å². The minimum absolute atomic E-state index is 0.00469. The average Bonchev–Trinajstić information content (AvgIpc) is 2.94. The van der Waals surface area contributed by atoms with Crippen LogP contribution in [0.25, 0.3) is 11.3 Å². The van der Waals surface area contributed by atoms with Crippen LogP contribution in [0.1, 0.15) is 23.7 Å². The molecule has 0 bridgehead atoms. The zero-order valence-corrected chi connectivity index (χ0v) is 15.1. The number of hydrogen-bond donors (Lipinski definition) is 1. The molecule has 1 aliphatic heterocycles. The SMILES string of the molecule is CNc1nccnc1-c1ccc(C(=O)N2CCCN(C(C)=O)CC2)cc1. The molecule has 2 amide bonds. The molecule has 1 aromatic carbocycles. The van der Waals surface area contributed by atoms with Gasteiger partial charge in [-0.15, -0.1) is 0 Å². The molecule has 0 saturated carbocycles. The van der Waals surface area contributed by atoms with E-state index < -0.39 is 0 Å². The highest BCUT2D eigenvalue weighted by Gasteiger charge is 2.21. The quantitative estimate of drug-likeness (QED) is 0.911. The van der Waals surface area contributed by atoms with Gasteiger partial charge in [-0.05, 0) is 18.6 Å². The van der Waals surface area contributed by atoms with Gasteiger partial charge >= 0.3 is 0 Å². The zero-order chi connectivity index (χ0) is 18.5. The fourth-order valence-corrected chi connectivity index (χ4v) is 3.12. The van der Waals surface area contributed by atoms with Crippen molar-refractivity contribution in [3.63, 3.8) is 0 Å². The van der Waals surface area contributed by atoms with Gasteiger partial charge in [-0.25, -0.2) is 4.98 Å². The van der Waals surface area contributed by atoms with Gasteiger partial charge in [-0.2, -0.15) is 0 Å². The number of amides is 2. The first-order valence-corrected chi connectivity index (χ1v) is 8.74. The normalized spacial score (nSPS) is 14.7. The van der Waals surface area contributed by atoms with Crippen LogP contribution in [0.3, 0.4) is 0 Å². The van der Waals surface area contributed by atoms with E-state index in [0.29, 0.717) is 37.6 Å². The third kappa shape index (κ3) is 3.82. The number of rotatable bonds is 3. The lowest BCUT2D eigenvalue weighted by molar-refractivity contribution is -0.128. The Morgan fingerprint density at radius 2 is 1.62 bits per heavy atom. The Balaban J connectivity index is 1.74. The van der Waals surface area contributed by atoms with Crippen molar-refractivity contribution >= 4 is 17.6 Å². The third-order valence-electron chi connectivity index (χ3n) is 4.57. The van der Waals surface area contributed by atoms with Gasteiger partial charge in [0.15, 0.2) is 5.82 Å². The fourth-order valence-electron chi connectivity index (χ4n) is 3.12. The molecule has 7 nitrogen and oxygen atoms in total. The summed E-state index contributed by atoms with van der Waals surface area (Å²) in [4.78, 5) is 36.5. The Bertz CT molecular complexity index is 791. The number of carbonyl (C=O) groups excluding carboxylic acids is 2. The monoisotopic (exact) mass is 353 g/mol. The minimum Gasteiger partial charge on any atom is -0.371 e. The van der Waals surface area contributed by atoms with Crippen LogP contribution in [0.5, 0.6) is 0 Å². The van der Waals surface area contributed by atoms with Crippen LogP contribution in [0, 0.1) is 0 Å². The summed E-state index contributed by atoms with van der Waals surface area (Å²) in [6.07, 6.45) is 4.08. The van der Waals surface area contributed by atoms with E-state index in [-0.39, 0.29) is 11.8 Å². The van der Waals surface area contributed by atoms with Gasteiger partial charge in [0, 0.05) is 63.7 Å². The molecule has 0 aliphatic carbocycles. The van der Waals surface area contributed by atoms with Crippen molar-refractivity contribution in [2.45, 2.75) is 13.3 Å². The maximum Gasteiger partial charge on any atom is 0.253 e. The molecule has 3 rings (SSSR count). The maximum absolute atomic E-state index is 12.8. The van der Waals surface area contributed by atoms with Crippen molar-refractivity contribution in [1.82, 2.24) is 19.8 Å². The smallest absolute Gasteiger partial charge is 0.253 e. The van der Waals surface area contributed by atoms with Crippen molar-refractivity contribution < 1.29 is 9.59 Å². The summed E-state index contributed by atoms with van der Waals surface area (Å²) in [7, 11) is 1.80. The largest absolute Gasteiger partial charge is 0.371 e. The summed E-state index contributed by atoms with van der Waals surface area (Å²) in [5.41, 5.74) is 2.29. The number of benzene rings is 1. The van der Waals surface area contributed by atoms with Crippen LogP contribution in [0.15, 0.2) is 36.7 Å². The van der Waals surface area contributed by atoms with Crippen LogP contribution in [-0.2, 0) is 4.79 Å². The Kier molecular flexibility index (Phi) is 5.46. The van der Waals surface area contributed by atoms with Crippen LogP contribution < -0.4 is 5.32 Å². The number of nitrogens with one attached hydrogen (secondary N) is 1. The molecule has 0 unspecified atom stereocenters. The van der Waals surface area contributed by atoms with Crippen LogP contribution in [-0.4, -0.2) is 64.8 Å². The number of carbonyl (C=O) groups is 2. The molecule has 7 heteroatoms. The number of anilines is 1. The molecule has 2 aromatic rings. The van der Waals surface area contributed by atoms with E-state index in [1.807, 2.05) is 29.2 Å². The highest BCUT2D eigenvalue weighted by atomic mass is 16.2. The van der Waals surface area contributed by atoms with E-state index in [9.17, 15) is 9.59 Å². The molecule has 0 atom stereocenters. The molecule has 0 radical (unpaired) electrons. The molecule has 1 saturated heterocycles. The summed E-state index contributed by atoms with van der Waals surface area (Å²) in [5.74, 6) is 0.756. The lowest BCUT2D eigenvalue weighted by Gasteiger charge is -2.21. The Morgan fingerprint density at radius 3 is 2.31 bits per heavy atom. The summed E-state index contributed by atoms with van der Waals surface area (Å²) >= 11 is 0. The van der Waals surface area contributed by atoms with Gasteiger partial charge in [-0.3, -0.25) is 14.6 Å². The Morgan fingerprint density at radius 1 is 0.962 bits per heavy atom. The molecule has 2 heterocycles. The number of aromatic nitrogens is 2. The molecular weight excluding hydrogens is 330 g/mol. The topological polar surface area (TPSA) is 78.4 Å². The van der Waals surface area contributed by atoms with Crippen LogP contribution >= 0.6 is 0 Å². The predicted molar refractivity (Wildman–Crippen MR) is 99.8 cm³/mol. The van der Waals surface area contributed by atoms with E-state index in [0.717, 1.165) is 17.7 Å². The van der Waals surface area contributed by atoms with Gasteiger partial charge in [0.2, 0.25) is 5.91 Å². The van der Waals surface area contributed by atoms with Gasteiger partial charge in [0.05, 0.1) is 0 Å². The highest BCUT2D eigenvalue weighted by molar-refractivity contribution is 5.95. The second kappa shape index (κ2) is 7.95. The Labute approximate surface area is 153 Å². The molecule has 26 heavy (non-hydrogen) atoms. The van der Waals surface area contributed by atoms with Gasteiger partial charge in [-0.1, -0.05) is 12.1 Å². The minimum atomic E-state index is -0.00469. The Hall–Kier alpha value is -2.96. The standard InChI is InChI=1S/C19H23N5O2/c1-14(25)23-10-3-11-24(13-12-23)19(26)16-6-4-15(5-7-16)17-18(20-2)22-9-8-21-17/h4-9H,3,10-13H2,1-2H3,(H,20,22). The van der Waals surface area contributed by atoms with Gasteiger partial charge in [0.1, 0.15) is 5.69 Å². The molecule has 1 aromatic heterocycles. The van der Waals surface area contributed by atoms with Gasteiger partial charge < -0.3 is 15.1 Å². The first kappa shape index (κ1) is 17.8. The van der Waals surface area contributed by atoms with Gasteiger partial charge in [0.25, 0.3) is 5.91 Å². The van der Waals surface area contributed by atoms with E-state index in [1.165, 1.54) is 0 Å². The molecule has 1 N–H and O–H groups in total.